The lowest BCUT2D eigenvalue weighted by atomic mass is 10.2. The molecule has 1 aromatic heterocycles. The summed E-state index contributed by atoms with van der Waals surface area (Å²) in [5, 5.41) is 10.2. The molecule has 0 bridgehead atoms. The fraction of sp³-hybridized carbons (Fsp3) is 0.500. The van der Waals surface area contributed by atoms with E-state index in [4.69, 9.17) is 0 Å². The number of nitrogens with zero attached hydrogens (tertiary/aromatic N) is 2. The van der Waals surface area contributed by atoms with Crippen molar-refractivity contribution in [2.24, 2.45) is 0 Å². The van der Waals surface area contributed by atoms with Gasteiger partial charge in [-0.15, -0.1) is 0 Å². The summed E-state index contributed by atoms with van der Waals surface area (Å²) in [6.45, 7) is 5.58. The molecule has 7 heteroatoms. The van der Waals surface area contributed by atoms with Gasteiger partial charge in [-0.25, -0.2) is 0 Å². The summed E-state index contributed by atoms with van der Waals surface area (Å²) in [5.41, 5.74) is -2.21. The van der Waals surface area contributed by atoms with Gasteiger partial charge in [0.25, 0.3) is 5.69 Å². The monoisotopic (exact) mass is 250 g/mol. The number of hydrogen-bond acceptors (Lipinski definition) is 3. The molecule has 1 aromatic rings. The van der Waals surface area contributed by atoms with E-state index >= 15 is 0 Å². The average Bonchev–Trinajstić information content (AvgIpc) is 2.16. The number of halogens is 3. The Labute approximate surface area is 96.6 Å². The highest BCUT2D eigenvalue weighted by Gasteiger charge is 2.38. The van der Waals surface area contributed by atoms with Gasteiger partial charge in [-0.1, -0.05) is 20.3 Å². The van der Waals surface area contributed by atoms with E-state index in [1.54, 1.807) is 0 Å². The van der Waals surface area contributed by atoms with Gasteiger partial charge < -0.3 is 0 Å². The first kappa shape index (κ1) is 15.3. The zero-order valence-corrected chi connectivity index (χ0v) is 9.71. The van der Waals surface area contributed by atoms with Gasteiger partial charge in [0.2, 0.25) is 0 Å². The van der Waals surface area contributed by atoms with Crippen LogP contribution in [0.4, 0.5) is 18.9 Å². The van der Waals surface area contributed by atoms with Crippen LogP contribution in [0.5, 0.6) is 0 Å². The van der Waals surface area contributed by atoms with Gasteiger partial charge in [0, 0.05) is 5.69 Å². The van der Waals surface area contributed by atoms with Crippen molar-refractivity contribution >= 4 is 5.69 Å². The van der Waals surface area contributed by atoms with Gasteiger partial charge in [0.05, 0.1) is 4.92 Å². The van der Waals surface area contributed by atoms with Crippen LogP contribution in [-0.2, 0) is 6.18 Å². The molecule has 0 amide bonds. The fourth-order valence-corrected chi connectivity index (χ4v) is 0.925. The Bertz CT molecular complexity index is 392. The van der Waals surface area contributed by atoms with Crippen LogP contribution in [0.2, 0.25) is 0 Å². The quantitative estimate of drug-likeness (QED) is 0.563. The molecule has 96 valence electrons. The van der Waals surface area contributed by atoms with Crippen molar-refractivity contribution in [3.63, 3.8) is 0 Å². The topological polar surface area (TPSA) is 56.0 Å². The molecule has 17 heavy (non-hydrogen) atoms. The first-order valence-corrected chi connectivity index (χ1v) is 4.92. The number of aryl methyl sites for hydroxylation is 1. The van der Waals surface area contributed by atoms with Crippen molar-refractivity contribution in [2.75, 3.05) is 0 Å². The number of rotatable bonds is 1. The SMILES string of the molecule is CCC.Cc1cc(C(F)(F)F)c([N+](=O)[O-])cn1. The molecule has 0 N–H and O–H groups in total. The van der Waals surface area contributed by atoms with E-state index in [1.165, 1.54) is 13.3 Å². The minimum Gasteiger partial charge on any atom is -0.258 e. The minimum atomic E-state index is -4.73. The molecule has 1 heterocycles. The van der Waals surface area contributed by atoms with Gasteiger partial charge in [-0.3, -0.25) is 15.1 Å². The molecule has 0 spiro atoms. The van der Waals surface area contributed by atoms with Crippen molar-refractivity contribution in [3.8, 4) is 0 Å². The predicted molar refractivity (Wildman–Crippen MR) is 56.6 cm³/mol. The number of nitro groups is 1. The Morgan fingerprint density at radius 2 is 1.88 bits per heavy atom. The van der Waals surface area contributed by atoms with Crippen molar-refractivity contribution in [1.82, 2.24) is 4.98 Å². The normalized spacial score (nSPS) is 10.5. The number of aromatic nitrogens is 1. The van der Waals surface area contributed by atoms with E-state index in [1.807, 2.05) is 0 Å². The molecule has 4 nitrogen and oxygen atoms in total. The first-order chi connectivity index (χ1) is 7.73. The molecule has 0 fully saturated rings. The summed E-state index contributed by atoms with van der Waals surface area (Å²) in [6, 6.07) is 0.651. The van der Waals surface area contributed by atoms with Gasteiger partial charge in [-0.2, -0.15) is 13.2 Å². The second-order valence-corrected chi connectivity index (χ2v) is 3.30. The van der Waals surface area contributed by atoms with Gasteiger partial charge >= 0.3 is 6.18 Å². The highest BCUT2D eigenvalue weighted by Crippen LogP contribution is 2.35. The third-order valence-corrected chi connectivity index (χ3v) is 1.52. The number of pyridine rings is 1. The van der Waals surface area contributed by atoms with Gasteiger partial charge in [0.1, 0.15) is 11.8 Å². The summed E-state index contributed by atoms with van der Waals surface area (Å²) >= 11 is 0. The number of hydrogen-bond donors (Lipinski definition) is 0. The van der Waals surface area contributed by atoms with E-state index in [9.17, 15) is 23.3 Å². The zero-order chi connectivity index (χ0) is 13.6. The molecule has 0 saturated carbocycles. The summed E-state index contributed by atoms with van der Waals surface area (Å²) in [7, 11) is 0. The van der Waals surface area contributed by atoms with Crippen LogP contribution in [0.25, 0.3) is 0 Å². The highest BCUT2D eigenvalue weighted by atomic mass is 19.4. The summed E-state index contributed by atoms with van der Waals surface area (Å²) < 4.78 is 36.8. The largest absolute Gasteiger partial charge is 0.423 e. The maximum atomic E-state index is 12.3. The molecule has 0 radical (unpaired) electrons. The molecule has 0 aromatic carbocycles. The molecule has 1 rings (SSSR count). The summed E-state index contributed by atoms with van der Waals surface area (Å²) in [6.07, 6.45) is -2.87. The van der Waals surface area contributed by atoms with E-state index < -0.39 is 22.4 Å². The van der Waals surface area contributed by atoms with Gasteiger partial charge in [0.15, 0.2) is 0 Å². The lowest BCUT2D eigenvalue weighted by Crippen LogP contribution is -2.09. The van der Waals surface area contributed by atoms with Crippen LogP contribution in [0.1, 0.15) is 31.5 Å². The highest BCUT2D eigenvalue weighted by molar-refractivity contribution is 5.40. The molecule has 0 unspecified atom stereocenters. The molecule has 0 aliphatic rings. The fourth-order valence-electron chi connectivity index (χ4n) is 0.925. The third-order valence-electron chi connectivity index (χ3n) is 1.52. The van der Waals surface area contributed by atoms with E-state index in [0.717, 1.165) is 0 Å². The van der Waals surface area contributed by atoms with Crippen LogP contribution in [0.15, 0.2) is 12.3 Å². The second-order valence-electron chi connectivity index (χ2n) is 3.30. The summed E-state index contributed by atoms with van der Waals surface area (Å²) in [4.78, 5) is 12.6. The van der Waals surface area contributed by atoms with Crippen LogP contribution < -0.4 is 0 Å². The van der Waals surface area contributed by atoms with Crippen LogP contribution in [-0.4, -0.2) is 9.91 Å². The Morgan fingerprint density at radius 1 is 1.41 bits per heavy atom. The molecule has 0 saturated heterocycles. The third kappa shape index (κ3) is 4.80. The maximum Gasteiger partial charge on any atom is 0.423 e. The van der Waals surface area contributed by atoms with E-state index in [0.29, 0.717) is 12.3 Å². The van der Waals surface area contributed by atoms with Crippen LogP contribution in [0.3, 0.4) is 0 Å². The average molecular weight is 250 g/mol. The predicted octanol–water partition coefficient (Wildman–Crippen LogP) is 3.73. The van der Waals surface area contributed by atoms with Crippen molar-refractivity contribution in [1.29, 1.82) is 0 Å². The number of alkyl halides is 3. The minimum absolute atomic E-state index is 0.0860. The standard InChI is InChI=1S/C7H5F3N2O2.C3H8/c1-4-2-5(7(8,9)10)6(3-11-4)12(13)14;1-3-2/h2-3H,1H3;3H2,1-2H3. The smallest absolute Gasteiger partial charge is 0.258 e. The maximum absolute atomic E-state index is 12.3. The molecular weight excluding hydrogens is 237 g/mol. The van der Waals surface area contributed by atoms with Crippen molar-refractivity contribution in [2.45, 2.75) is 33.4 Å². The Morgan fingerprint density at radius 3 is 2.24 bits per heavy atom. The first-order valence-electron chi connectivity index (χ1n) is 4.92. The van der Waals surface area contributed by atoms with Crippen LogP contribution >= 0.6 is 0 Å². The Hall–Kier alpha value is -1.66. The molecule has 0 aliphatic carbocycles. The lowest BCUT2D eigenvalue weighted by molar-refractivity contribution is -0.388. The zero-order valence-electron chi connectivity index (χ0n) is 9.71. The van der Waals surface area contributed by atoms with Gasteiger partial charge in [-0.05, 0) is 13.0 Å². The van der Waals surface area contributed by atoms with E-state index in [2.05, 4.69) is 18.8 Å². The van der Waals surface area contributed by atoms with Crippen molar-refractivity contribution < 1.29 is 18.1 Å². The second kappa shape index (κ2) is 6.17. The summed E-state index contributed by atoms with van der Waals surface area (Å²) in [5.74, 6) is 0. The van der Waals surface area contributed by atoms with Crippen molar-refractivity contribution in [3.05, 3.63) is 33.6 Å². The Balaban J connectivity index is 0.000000770. The molecular formula is C10H13F3N2O2. The van der Waals surface area contributed by atoms with Crippen LogP contribution in [0, 0.1) is 17.0 Å². The molecule has 0 atom stereocenters. The molecule has 0 aliphatic heterocycles. The Kier molecular flexibility index (Phi) is 5.57. The van der Waals surface area contributed by atoms with E-state index in [-0.39, 0.29) is 5.69 Å². The lowest BCUT2D eigenvalue weighted by Gasteiger charge is -2.06.